The van der Waals surface area contributed by atoms with Crippen molar-refractivity contribution in [1.29, 1.82) is 0 Å². The maximum absolute atomic E-state index is 11.7. The predicted octanol–water partition coefficient (Wildman–Crippen LogP) is 1.73. The number of carbonyl (C=O) groups is 1. The monoisotopic (exact) mass is 199 g/mol. The van der Waals surface area contributed by atoms with Gasteiger partial charge in [-0.05, 0) is 6.42 Å². The molecule has 0 radical (unpaired) electrons. The molecule has 1 aliphatic heterocycles. The lowest BCUT2D eigenvalue weighted by Crippen LogP contribution is -2.31. The van der Waals surface area contributed by atoms with Crippen LogP contribution in [0.1, 0.15) is 20.3 Å². The third-order valence-corrected chi connectivity index (χ3v) is 2.68. The highest BCUT2D eigenvalue weighted by Crippen LogP contribution is 2.30. The molecule has 0 aromatic heterocycles. The first-order valence-corrected chi connectivity index (χ1v) is 5.26. The summed E-state index contributed by atoms with van der Waals surface area (Å²) in [6.45, 7) is 5.65. The zero-order valence-corrected chi connectivity index (χ0v) is 9.18. The number of thiol groups is 1. The number of likely N-dealkylation sites (tertiary alicyclic amines) is 1. The Hall–Kier alpha value is -0.440. The van der Waals surface area contributed by atoms with Gasteiger partial charge in [0.15, 0.2) is 0 Å². The minimum absolute atomic E-state index is 0.144. The van der Waals surface area contributed by atoms with Crippen LogP contribution < -0.4 is 0 Å². The van der Waals surface area contributed by atoms with Crippen LogP contribution >= 0.6 is 12.6 Å². The van der Waals surface area contributed by atoms with Crippen molar-refractivity contribution < 1.29 is 4.79 Å². The van der Waals surface area contributed by atoms with E-state index in [1.807, 2.05) is 30.9 Å². The first-order chi connectivity index (χ1) is 6.08. The molecule has 0 aromatic carbocycles. The number of amides is 1. The van der Waals surface area contributed by atoms with E-state index in [1.165, 1.54) is 0 Å². The van der Waals surface area contributed by atoms with E-state index in [-0.39, 0.29) is 11.3 Å². The average Bonchev–Trinajstić information content (AvgIpc) is 2.32. The highest BCUT2D eigenvalue weighted by atomic mass is 32.1. The van der Waals surface area contributed by atoms with Crippen LogP contribution in [0.15, 0.2) is 12.2 Å². The van der Waals surface area contributed by atoms with E-state index in [0.29, 0.717) is 0 Å². The largest absolute Gasteiger partial charge is 0.338 e. The molecule has 2 nitrogen and oxygen atoms in total. The zero-order valence-electron chi connectivity index (χ0n) is 8.29. The SMILES string of the molecule is CC1(C)CCN(C/C=C/CS)C1=O. The molecule has 1 saturated heterocycles. The number of nitrogens with zero attached hydrogens (tertiary/aromatic N) is 1. The van der Waals surface area contributed by atoms with Crippen molar-refractivity contribution in [2.75, 3.05) is 18.8 Å². The van der Waals surface area contributed by atoms with Gasteiger partial charge in [0.05, 0.1) is 0 Å². The summed E-state index contributed by atoms with van der Waals surface area (Å²) in [4.78, 5) is 13.6. The lowest BCUT2D eigenvalue weighted by atomic mass is 9.92. The Bertz CT molecular complexity index is 223. The molecule has 0 spiro atoms. The van der Waals surface area contributed by atoms with Crippen molar-refractivity contribution in [2.45, 2.75) is 20.3 Å². The third-order valence-electron chi connectivity index (χ3n) is 2.47. The molecule has 1 aliphatic rings. The average molecular weight is 199 g/mol. The van der Waals surface area contributed by atoms with Crippen molar-refractivity contribution in [2.24, 2.45) is 5.41 Å². The lowest BCUT2D eigenvalue weighted by molar-refractivity contribution is -0.134. The van der Waals surface area contributed by atoms with E-state index >= 15 is 0 Å². The van der Waals surface area contributed by atoms with Crippen LogP contribution in [0.25, 0.3) is 0 Å². The molecular weight excluding hydrogens is 182 g/mol. The van der Waals surface area contributed by atoms with Crippen molar-refractivity contribution in [3.8, 4) is 0 Å². The quantitative estimate of drug-likeness (QED) is 0.542. The molecule has 0 unspecified atom stereocenters. The number of hydrogen-bond acceptors (Lipinski definition) is 2. The second-order valence-corrected chi connectivity index (χ2v) is 4.40. The maximum atomic E-state index is 11.7. The van der Waals surface area contributed by atoms with Crippen LogP contribution in [0.3, 0.4) is 0 Å². The van der Waals surface area contributed by atoms with Crippen LogP contribution in [0.5, 0.6) is 0 Å². The van der Waals surface area contributed by atoms with Crippen LogP contribution in [0, 0.1) is 5.41 Å². The van der Waals surface area contributed by atoms with Crippen molar-refractivity contribution in [3.63, 3.8) is 0 Å². The Labute approximate surface area is 85.4 Å². The lowest BCUT2D eigenvalue weighted by Gasteiger charge is -2.17. The van der Waals surface area contributed by atoms with E-state index in [0.717, 1.165) is 25.3 Å². The van der Waals surface area contributed by atoms with Gasteiger partial charge in [0, 0.05) is 24.3 Å². The number of carbonyl (C=O) groups excluding carboxylic acids is 1. The van der Waals surface area contributed by atoms with E-state index in [9.17, 15) is 4.79 Å². The molecule has 0 aliphatic carbocycles. The van der Waals surface area contributed by atoms with Crippen molar-refractivity contribution in [3.05, 3.63) is 12.2 Å². The van der Waals surface area contributed by atoms with Gasteiger partial charge >= 0.3 is 0 Å². The van der Waals surface area contributed by atoms with E-state index in [4.69, 9.17) is 0 Å². The van der Waals surface area contributed by atoms with E-state index < -0.39 is 0 Å². The molecular formula is C10H17NOS. The van der Waals surface area contributed by atoms with Gasteiger partial charge in [0.2, 0.25) is 5.91 Å². The van der Waals surface area contributed by atoms with Crippen molar-refractivity contribution in [1.82, 2.24) is 4.90 Å². The molecule has 1 fully saturated rings. The van der Waals surface area contributed by atoms with Gasteiger partial charge in [-0.1, -0.05) is 26.0 Å². The molecule has 74 valence electrons. The summed E-state index contributed by atoms with van der Waals surface area (Å²) in [6, 6.07) is 0. The summed E-state index contributed by atoms with van der Waals surface area (Å²) < 4.78 is 0. The Kier molecular flexibility index (Phi) is 3.42. The molecule has 13 heavy (non-hydrogen) atoms. The van der Waals surface area contributed by atoms with Gasteiger partial charge in [-0.25, -0.2) is 0 Å². The summed E-state index contributed by atoms with van der Waals surface area (Å²) in [5.74, 6) is 1.02. The molecule has 3 heteroatoms. The second kappa shape index (κ2) is 4.18. The maximum Gasteiger partial charge on any atom is 0.228 e. The van der Waals surface area contributed by atoms with Crippen LogP contribution in [0.4, 0.5) is 0 Å². The molecule has 1 amide bonds. The fraction of sp³-hybridized carbons (Fsp3) is 0.700. The Morgan fingerprint density at radius 1 is 1.54 bits per heavy atom. The summed E-state index contributed by atoms with van der Waals surface area (Å²) in [7, 11) is 0. The number of hydrogen-bond donors (Lipinski definition) is 1. The fourth-order valence-corrected chi connectivity index (χ4v) is 1.65. The standard InChI is InChI=1S/C10H17NOS/c1-10(2)5-7-11(9(10)12)6-3-4-8-13/h3-4,13H,5-8H2,1-2H3/b4-3+. The normalized spacial score (nSPS) is 21.8. The van der Waals surface area contributed by atoms with Gasteiger partial charge in [-0.3, -0.25) is 4.79 Å². The van der Waals surface area contributed by atoms with Crippen LogP contribution in [-0.2, 0) is 4.79 Å². The van der Waals surface area contributed by atoms with E-state index in [1.54, 1.807) is 0 Å². The van der Waals surface area contributed by atoms with Gasteiger partial charge in [0.25, 0.3) is 0 Å². The van der Waals surface area contributed by atoms with Gasteiger partial charge in [-0.15, -0.1) is 0 Å². The molecule has 1 heterocycles. The van der Waals surface area contributed by atoms with Gasteiger partial charge < -0.3 is 4.90 Å². The zero-order chi connectivity index (χ0) is 9.90. The third kappa shape index (κ3) is 2.50. The highest BCUT2D eigenvalue weighted by molar-refractivity contribution is 7.80. The highest BCUT2D eigenvalue weighted by Gasteiger charge is 2.37. The minimum atomic E-state index is -0.144. The van der Waals surface area contributed by atoms with Crippen LogP contribution in [0.2, 0.25) is 0 Å². The van der Waals surface area contributed by atoms with Gasteiger partial charge in [0.1, 0.15) is 0 Å². The molecule has 0 aromatic rings. The molecule has 0 bridgehead atoms. The second-order valence-electron chi connectivity index (χ2n) is 4.04. The molecule has 1 rings (SSSR count). The Morgan fingerprint density at radius 2 is 2.23 bits per heavy atom. The Balaban J connectivity index is 2.47. The van der Waals surface area contributed by atoms with Crippen molar-refractivity contribution >= 4 is 18.5 Å². The topological polar surface area (TPSA) is 20.3 Å². The molecule has 0 N–H and O–H groups in total. The summed E-state index contributed by atoms with van der Waals surface area (Å²) in [6.07, 6.45) is 4.95. The first-order valence-electron chi connectivity index (χ1n) is 4.63. The number of rotatable bonds is 3. The molecule has 0 saturated carbocycles. The summed E-state index contributed by atoms with van der Waals surface area (Å²) in [5, 5.41) is 0. The van der Waals surface area contributed by atoms with Gasteiger partial charge in [-0.2, -0.15) is 12.6 Å². The van der Waals surface area contributed by atoms with E-state index in [2.05, 4.69) is 12.6 Å². The Morgan fingerprint density at radius 3 is 2.69 bits per heavy atom. The predicted molar refractivity (Wildman–Crippen MR) is 58.0 cm³/mol. The smallest absolute Gasteiger partial charge is 0.228 e. The fourth-order valence-electron chi connectivity index (χ4n) is 1.50. The minimum Gasteiger partial charge on any atom is -0.338 e. The first kappa shape index (κ1) is 10.6. The van der Waals surface area contributed by atoms with Crippen LogP contribution in [-0.4, -0.2) is 29.6 Å². The summed E-state index contributed by atoms with van der Waals surface area (Å²) >= 11 is 4.06. The summed E-state index contributed by atoms with van der Waals surface area (Å²) in [5.41, 5.74) is -0.144. The molecule has 0 atom stereocenters.